The largest absolute Gasteiger partial charge is 0.381 e. The molecule has 0 aliphatic carbocycles. The molecule has 0 bridgehead atoms. The van der Waals surface area contributed by atoms with Crippen LogP contribution in [-0.2, 0) is 16.7 Å². The summed E-state index contributed by atoms with van der Waals surface area (Å²) < 4.78 is 5.47. The number of carbonyl (C=O) groups is 1. The van der Waals surface area contributed by atoms with Crippen molar-refractivity contribution in [1.82, 2.24) is 9.97 Å². The molecule has 1 saturated heterocycles. The van der Waals surface area contributed by atoms with Crippen LogP contribution in [0, 0.1) is 6.92 Å². The van der Waals surface area contributed by atoms with Crippen molar-refractivity contribution in [3.8, 4) is 11.1 Å². The van der Waals surface area contributed by atoms with Gasteiger partial charge in [0, 0.05) is 49.8 Å². The van der Waals surface area contributed by atoms with Gasteiger partial charge in [0.15, 0.2) is 0 Å². The molecule has 1 aliphatic rings. The van der Waals surface area contributed by atoms with Crippen LogP contribution in [-0.4, -0.2) is 42.2 Å². The van der Waals surface area contributed by atoms with E-state index in [-0.39, 0.29) is 16.9 Å². The molecule has 1 aliphatic heterocycles. The van der Waals surface area contributed by atoms with Crippen LogP contribution < -0.4 is 21.1 Å². The molecule has 1 fully saturated rings. The fourth-order valence-corrected chi connectivity index (χ4v) is 5.43. The summed E-state index contributed by atoms with van der Waals surface area (Å²) in [7, 11) is 1.77. The highest BCUT2D eigenvalue weighted by molar-refractivity contribution is 6.05. The Morgan fingerprint density at radius 3 is 2.47 bits per heavy atom. The number of pyridine rings is 2. The van der Waals surface area contributed by atoms with Crippen molar-refractivity contribution < 1.29 is 9.53 Å². The number of methoxy groups -OCH3 is 1. The third-order valence-electron chi connectivity index (χ3n) is 8.23. The van der Waals surface area contributed by atoms with Gasteiger partial charge in [-0.05, 0) is 83.8 Å². The number of piperidine rings is 1. The summed E-state index contributed by atoms with van der Waals surface area (Å²) in [4.78, 5) is 35.5. The molecule has 8 heteroatoms. The maximum absolute atomic E-state index is 13.0. The second-order valence-corrected chi connectivity index (χ2v) is 12.2. The monoisotopic (exact) mass is 579 g/mol. The van der Waals surface area contributed by atoms with Crippen LogP contribution in [0.15, 0.2) is 77.9 Å². The molecule has 224 valence electrons. The lowest BCUT2D eigenvalue weighted by Gasteiger charge is -2.32. The van der Waals surface area contributed by atoms with E-state index in [1.807, 2.05) is 67.7 Å². The molecule has 8 nitrogen and oxygen atoms in total. The molecular formula is C35H41N5O3. The fourth-order valence-electron chi connectivity index (χ4n) is 5.43. The number of hydrogen-bond acceptors (Lipinski definition) is 6. The number of aromatic nitrogens is 2. The van der Waals surface area contributed by atoms with Crippen molar-refractivity contribution >= 4 is 23.1 Å². The Kier molecular flexibility index (Phi) is 8.97. The second kappa shape index (κ2) is 12.8. The van der Waals surface area contributed by atoms with Gasteiger partial charge in [0.05, 0.1) is 18.0 Å². The third kappa shape index (κ3) is 7.14. The first-order valence-electron chi connectivity index (χ1n) is 14.8. The summed E-state index contributed by atoms with van der Waals surface area (Å²) >= 11 is 0. The molecule has 2 aromatic carbocycles. The van der Waals surface area contributed by atoms with Gasteiger partial charge in [0.2, 0.25) is 0 Å². The topological polar surface area (TPSA) is 99.4 Å². The predicted molar refractivity (Wildman–Crippen MR) is 174 cm³/mol. The molecule has 5 rings (SSSR count). The smallest absolute Gasteiger partial charge is 0.255 e. The molecule has 0 saturated carbocycles. The molecule has 1 amide bonds. The second-order valence-electron chi connectivity index (χ2n) is 12.2. The number of anilines is 3. The van der Waals surface area contributed by atoms with E-state index >= 15 is 0 Å². The van der Waals surface area contributed by atoms with Gasteiger partial charge in [-0.15, -0.1) is 0 Å². The SMILES string of the molecule is COC1CCN(c2ccc(NCc3cc(-c4cccc(NC(=O)c5ccc(C(C)(C)C)cc5)c4C)c[nH]c3=O)nc2)CC1. The molecule has 2 aromatic heterocycles. The minimum atomic E-state index is -0.162. The highest BCUT2D eigenvalue weighted by Crippen LogP contribution is 2.29. The molecule has 0 spiro atoms. The molecule has 3 heterocycles. The van der Waals surface area contributed by atoms with Crippen LogP contribution in [0.2, 0.25) is 0 Å². The minimum Gasteiger partial charge on any atom is -0.381 e. The van der Waals surface area contributed by atoms with E-state index in [1.54, 1.807) is 13.3 Å². The van der Waals surface area contributed by atoms with Gasteiger partial charge in [-0.3, -0.25) is 9.59 Å². The lowest BCUT2D eigenvalue weighted by Crippen LogP contribution is -2.36. The van der Waals surface area contributed by atoms with E-state index in [0.717, 1.165) is 54.0 Å². The maximum atomic E-state index is 13.0. The Hall–Kier alpha value is -4.43. The summed E-state index contributed by atoms with van der Waals surface area (Å²) in [5.41, 5.74) is 6.76. The Morgan fingerprint density at radius 1 is 1.07 bits per heavy atom. The van der Waals surface area contributed by atoms with Crippen molar-refractivity contribution in [2.45, 2.75) is 58.6 Å². The number of ether oxygens (including phenoxy) is 1. The number of rotatable bonds is 8. The third-order valence-corrected chi connectivity index (χ3v) is 8.23. The summed E-state index contributed by atoms with van der Waals surface area (Å²) in [6.07, 6.45) is 5.94. The van der Waals surface area contributed by atoms with Gasteiger partial charge in [-0.2, -0.15) is 0 Å². The summed E-state index contributed by atoms with van der Waals surface area (Å²) in [6, 6.07) is 19.4. The zero-order valence-electron chi connectivity index (χ0n) is 25.7. The fraction of sp³-hybridized carbons (Fsp3) is 0.343. The lowest BCUT2D eigenvalue weighted by molar-refractivity contribution is 0.0819. The van der Waals surface area contributed by atoms with Gasteiger partial charge in [-0.25, -0.2) is 4.98 Å². The number of amides is 1. The number of hydrogen-bond donors (Lipinski definition) is 3. The zero-order chi connectivity index (χ0) is 30.6. The van der Waals surface area contributed by atoms with Crippen molar-refractivity contribution in [3.05, 3.63) is 106 Å². The van der Waals surface area contributed by atoms with E-state index in [9.17, 15) is 9.59 Å². The van der Waals surface area contributed by atoms with Gasteiger partial charge < -0.3 is 25.3 Å². The van der Waals surface area contributed by atoms with Gasteiger partial charge in [0.1, 0.15) is 5.82 Å². The lowest BCUT2D eigenvalue weighted by atomic mass is 9.86. The molecule has 0 unspecified atom stereocenters. The van der Waals surface area contributed by atoms with E-state index in [0.29, 0.717) is 29.6 Å². The summed E-state index contributed by atoms with van der Waals surface area (Å²) in [5.74, 6) is 0.543. The summed E-state index contributed by atoms with van der Waals surface area (Å²) in [5, 5.41) is 6.34. The van der Waals surface area contributed by atoms with Crippen molar-refractivity contribution in [2.24, 2.45) is 0 Å². The van der Waals surface area contributed by atoms with E-state index in [1.165, 1.54) is 5.56 Å². The Labute approximate surface area is 253 Å². The predicted octanol–water partition coefficient (Wildman–Crippen LogP) is 6.52. The molecule has 3 N–H and O–H groups in total. The quantitative estimate of drug-likeness (QED) is 0.220. The molecule has 0 atom stereocenters. The Morgan fingerprint density at radius 2 is 1.81 bits per heavy atom. The van der Waals surface area contributed by atoms with E-state index in [4.69, 9.17) is 4.74 Å². The van der Waals surface area contributed by atoms with Crippen molar-refractivity contribution in [2.75, 3.05) is 35.7 Å². The minimum absolute atomic E-state index is 0.0219. The zero-order valence-corrected chi connectivity index (χ0v) is 25.7. The Bertz CT molecular complexity index is 1610. The number of nitrogens with zero attached hydrogens (tertiary/aromatic N) is 2. The van der Waals surface area contributed by atoms with Gasteiger partial charge in [-0.1, -0.05) is 45.0 Å². The van der Waals surface area contributed by atoms with E-state index in [2.05, 4.69) is 52.3 Å². The standard InChI is InChI=1S/C35H41N5O3/c1-23-30(7-6-8-31(23)39-34(42)24-9-11-27(12-10-24)35(2,3)4)25-19-26(33(41)38-20-25)21-36-32-14-13-28(22-37-32)40-17-15-29(43-5)16-18-40/h6-14,19-20,22,29H,15-18,21H2,1-5H3,(H,36,37)(H,38,41)(H,39,42). The average Bonchev–Trinajstić information content (AvgIpc) is 3.02. The Balaban J connectivity index is 1.26. The van der Waals surface area contributed by atoms with Gasteiger partial charge >= 0.3 is 0 Å². The number of aromatic amines is 1. The first kappa shape index (κ1) is 30.0. The summed E-state index contributed by atoms with van der Waals surface area (Å²) in [6.45, 7) is 10.6. The van der Waals surface area contributed by atoms with Crippen LogP contribution in [0.1, 0.15) is 60.7 Å². The van der Waals surface area contributed by atoms with Crippen molar-refractivity contribution in [1.29, 1.82) is 0 Å². The first-order chi connectivity index (χ1) is 20.6. The molecule has 4 aromatic rings. The average molecular weight is 580 g/mol. The van der Waals surface area contributed by atoms with Crippen molar-refractivity contribution in [3.63, 3.8) is 0 Å². The van der Waals surface area contributed by atoms with Crippen LogP contribution >= 0.6 is 0 Å². The van der Waals surface area contributed by atoms with Crippen LogP contribution in [0.4, 0.5) is 17.2 Å². The highest BCUT2D eigenvalue weighted by atomic mass is 16.5. The number of H-pyrrole nitrogens is 1. The molecule has 0 radical (unpaired) electrons. The normalized spacial score (nSPS) is 14.0. The maximum Gasteiger partial charge on any atom is 0.255 e. The molecular weight excluding hydrogens is 538 g/mol. The first-order valence-corrected chi connectivity index (χ1v) is 14.8. The van der Waals surface area contributed by atoms with Crippen LogP contribution in [0.25, 0.3) is 11.1 Å². The van der Waals surface area contributed by atoms with Crippen LogP contribution in [0.5, 0.6) is 0 Å². The van der Waals surface area contributed by atoms with Gasteiger partial charge in [0.25, 0.3) is 11.5 Å². The number of benzene rings is 2. The van der Waals surface area contributed by atoms with Crippen LogP contribution in [0.3, 0.4) is 0 Å². The van der Waals surface area contributed by atoms with E-state index < -0.39 is 0 Å². The molecule has 43 heavy (non-hydrogen) atoms. The number of carbonyl (C=O) groups excluding carboxylic acids is 1. The highest BCUT2D eigenvalue weighted by Gasteiger charge is 2.19. The number of nitrogens with one attached hydrogen (secondary N) is 3.